The van der Waals surface area contributed by atoms with Gasteiger partial charge in [-0.2, -0.15) is 0 Å². The van der Waals surface area contributed by atoms with Crippen LogP contribution in [0, 0.1) is 13.8 Å². The highest BCUT2D eigenvalue weighted by molar-refractivity contribution is 5.99. The van der Waals surface area contributed by atoms with Gasteiger partial charge in [0, 0.05) is 17.6 Å². The van der Waals surface area contributed by atoms with Gasteiger partial charge in [0.25, 0.3) is 5.91 Å². The normalized spacial score (nSPS) is 12.9. The third kappa shape index (κ3) is 9.23. The number of nitrogens with one attached hydrogen (secondary N) is 2. The fourth-order valence-corrected chi connectivity index (χ4v) is 4.77. The zero-order chi connectivity index (χ0) is 32.8. The molecule has 0 radical (unpaired) electrons. The van der Waals surface area contributed by atoms with E-state index in [1.54, 1.807) is 64.3 Å². The molecule has 0 saturated carbocycles. The van der Waals surface area contributed by atoms with Crippen molar-refractivity contribution in [3.05, 3.63) is 89.0 Å². The molecular formula is C35H45N3O6. The lowest BCUT2D eigenvalue weighted by atomic mass is 9.92. The molecule has 0 aliphatic heterocycles. The SMILES string of the molecule is COc1ccc(NC(=O)C(c2ccc(C)c(C)c2)N(C(=O)C(Cc2ccc(O)cc2)NC(=O)OC(C)(C)C)C(C)(C)C)cc1. The highest BCUT2D eigenvalue weighted by Crippen LogP contribution is 2.33. The molecule has 0 aromatic heterocycles. The van der Waals surface area contributed by atoms with Gasteiger partial charge in [0.1, 0.15) is 29.2 Å². The maximum Gasteiger partial charge on any atom is 0.408 e. The number of aryl methyl sites for hydroxylation is 2. The van der Waals surface area contributed by atoms with Crippen LogP contribution in [0.4, 0.5) is 10.5 Å². The van der Waals surface area contributed by atoms with Crippen molar-refractivity contribution in [1.82, 2.24) is 10.2 Å². The Hall–Kier alpha value is -4.53. The Bertz CT molecular complexity index is 1450. The minimum absolute atomic E-state index is 0.0815. The molecule has 0 heterocycles. The van der Waals surface area contributed by atoms with Crippen molar-refractivity contribution in [2.75, 3.05) is 12.4 Å². The van der Waals surface area contributed by atoms with Crippen molar-refractivity contribution in [1.29, 1.82) is 0 Å². The predicted molar refractivity (Wildman–Crippen MR) is 172 cm³/mol. The number of methoxy groups -OCH3 is 1. The van der Waals surface area contributed by atoms with Crippen molar-refractivity contribution in [3.8, 4) is 11.5 Å². The van der Waals surface area contributed by atoms with Crippen molar-refractivity contribution < 1.29 is 29.0 Å². The number of nitrogens with zero attached hydrogens (tertiary/aromatic N) is 1. The van der Waals surface area contributed by atoms with Gasteiger partial charge in [-0.15, -0.1) is 0 Å². The second kappa shape index (κ2) is 13.8. The van der Waals surface area contributed by atoms with Crippen molar-refractivity contribution in [3.63, 3.8) is 0 Å². The van der Waals surface area contributed by atoms with Crippen LogP contribution in [0.3, 0.4) is 0 Å². The van der Waals surface area contributed by atoms with E-state index in [1.165, 1.54) is 17.0 Å². The summed E-state index contributed by atoms with van der Waals surface area (Å²) < 4.78 is 10.8. The summed E-state index contributed by atoms with van der Waals surface area (Å²) in [6, 6.07) is 16.9. The van der Waals surface area contributed by atoms with Crippen LogP contribution >= 0.6 is 0 Å². The lowest BCUT2D eigenvalue weighted by Gasteiger charge is -2.43. The smallest absolute Gasteiger partial charge is 0.408 e. The summed E-state index contributed by atoms with van der Waals surface area (Å²) in [6.07, 6.45) is -0.654. The number of hydrogen-bond acceptors (Lipinski definition) is 6. The van der Waals surface area contributed by atoms with E-state index >= 15 is 0 Å². The number of benzene rings is 3. The molecule has 0 fully saturated rings. The fraction of sp³-hybridized carbons (Fsp3) is 0.400. The van der Waals surface area contributed by atoms with Crippen LogP contribution in [0.1, 0.15) is 69.8 Å². The van der Waals surface area contributed by atoms with E-state index in [2.05, 4.69) is 10.6 Å². The zero-order valence-electron chi connectivity index (χ0n) is 27.1. The van der Waals surface area contributed by atoms with Crippen LogP contribution in [-0.2, 0) is 20.7 Å². The van der Waals surface area contributed by atoms with Gasteiger partial charge in [-0.05, 0) is 114 Å². The largest absolute Gasteiger partial charge is 0.508 e. The van der Waals surface area contributed by atoms with Crippen LogP contribution in [-0.4, -0.2) is 52.2 Å². The molecule has 2 atom stereocenters. The molecule has 0 bridgehead atoms. The molecule has 2 unspecified atom stereocenters. The lowest BCUT2D eigenvalue weighted by molar-refractivity contribution is -0.146. The van der Waals surface area contributed by atoms with Crippen LogP contribution in [0.15, 0.2) is 66.7 Å². The fourth-order valence-electron chi connectivity index (χ4n) is 4.77. The third-order valence-electron chi connectivity index (χ3n) is 7.04. The Balaban J connectivity index is 2.12. The van der Waals surface area contributed by atoms with Gasteiger partial charge in [0.15, 0.2) is 0 Å². The summed E-state index contributed by atoms with van der Waals surface area (Å²) in [5.74, 6) is -0.157. The quantitative estimate of drug-likeness (QED) is 0.258. The van der Waals surface area contributed by atoms with Crippen LogP contribution < -0.4 is 15.4 Å². The molecule has 0 aliphatic rings. The number of phenolic OH excluding ortho intramolecular Hbond substituents is 1. The number of anilines is 1. The van der Waals surface area contributed by atoms with Gasteiger partial charge in [0.05, 0.1) is 7.11 Å². The second-order valence-electron chi connectivity index (χ2n) is 12.9. The topological polar surface area (TPSA) is 117 Å². The molecule has 0 aliphatic carbocycles. The first-order valence-electron chi connectivity index (χ1n) is 14.6. The number of aromatic hydroxyl groups is 1. The summed E-state index contributed by atoms with van der Waals surface area (Å²) in [5.41, 5.74) is 2.24. The van der Waals surface area contributed by atoms with E-state index in [9.17, 15) is 19.5 Å². The molecule has 3 aromatic rings. The number of carbonyl (C=O) groups excluding carboxylic acids is 3. The third-order valence-corrected chi connectivity index (χ3v) is 7.04. The number of carbonyl (C=O) groups is 3. The second-order valence-corrected chi connectivity index (χ2v) is 12.9. The van der Waals surface area contributed by atoms with Gasteiger partial charge in [-0.3, -0.25) is 9.59 Å². The summed E-state index contributed by atoms with van der Waals surface area (Å²) in [4.78, 5) is 43.4. The molecular weight excluding hydrogens is 558 g/mol. The Morgan fingerprint density at radius 1 is 0.864 bits per heavy atom. The monoisotopic (exact) mass is 603 g/mol. The van der Waals surface area contributed by atoms with Crippen molar-refractivity contribution in [2.24, 2.45) is 0 Å². The highest BCUT2D eigenvalue weighted by atomic mass is 16.6. The van der Waals surface area contributed by atoms with Crippen LogP contribution in [0.5, 0.6) is 11.5 Å². The molecule has 3 rings (SSSR count). The van der Waals surface area contributed by atoms with Gasteiger partial charge in [-0.1, -0.05) is 30.3 Å². The molecule has 3 amide bonds. The Morgan fingerprint density at radius 2 is 1.48 bits per heavy atom. The van der Waals surface area contributed by atoms with Crippen LogP contribution in [0.25, 0.3) is 0 Å². The van der Waals surface area contributed by atoms with E-state index in [0.717, 1.165) is 11.1 Å². The number of hydrogen-bond donors (Lipinski definition) is 3. The number of alkyl carbamates (subject to hydrolysis) is 1. The number of ether oxygens (including phenoxy) is 2. The zero-order valence-corrected chi connectivity index (χ0v) is 27.1. The minimum Gasteiger partial charge on any atom is -0.508 e. The standard InChI is InChI=1S/C35H45N3O6/c1-22-10-13-25(20-23(22)2)30(31(40)36-26-14-18-28(43-9)19-15-26)38(34(3,4)5)32(41)29(37-33(42)44-35(6,7)8)21-24-11-16-27(39)17-12-24/h10-20,29-30,39H,21H2,1-9H3,(H,36,40)(H,37,42). The maximum absolute atomic E-state index is 14.7. The Labute approximate surface area is 260 Å². The molecule has 3 N–H and O–H groups in total. The lowest BCUT2D eigenvalue weighted by Crippen LogP contribution is -2.58. The molecule has 0 spiro atoms. The summed E-state index contributed by atoms with van der Waals surface area (Å²) in [7, 11) is 1.57. The van der Waals surface area contributed by atoms with Crippen LogP contribution in [0.2, 0.25) is 0 Å². The highest BCUT2D eigenvalue weighted by Gasteiger charge is 2.42. The summed E-state index contributed by atoms with van der Waals surface area (Å²) in [5, 5.41) is 15.5. The molecule has 9 nitrogen and oxygen atoms in total. The van der Waals surface area contributed by atoms with Gasteiger partial charge >= 0.3 is 6.09 Å². The molecule has 0 saturated heterocycles. The van der Waals surface area contributed by atoms with E-state index in [4.69, 9.17) is 9.47 Å². The number of phenols is 1. The van der Waals surface area contributed by atoms with Crippen molar-refractivity contribution >= 4 is 23.6 Å². The number of rotatable bonds is 9. The Morgan fingerprint density at radius 3 is 2.00 bits per heavy atom. The van der Waals surface area contributed by atoms with E-state index in [-0.39, 0.29) is 12.2 Å². The first-order chi connectivity index (χ1) is 20.5. The first kappa shape index (κ1) is 34.0. The summed E-state index contributed by atoms with van der Waals surface area (Å²) >= 11 is 0. The molecule has 3 aromatic carbocycles. The Kier molecular flexibility index (Phi) is 10.7. The van der Waals surface area contributed by atoms with Gasteiger partial charge < -0.3 is 30.1 Å². The van der Waals surface area contributed by atoms with Gasteiger partial charge in [-0.25, -0.2) is 4.79 Å². The average molecular weight is 604 g/mol. The minimum atomic E-state index is -1.09. The van der Waals surface area contributed by atoms with E-state index < -0.39 is 41.1 Å². The van der Waals surface area contributed by atoms with E-state index in [0.29, 0.717) is 22.6 Å². The van der Waals surface area contributed by atoms with Crippen molar-refractivity contribution in [2.45, 2.75) is 85.0 Å². The number of amides is 3. The molecule has 9 heteroatoms. The first-order valence-corrected chi connectivity index (χ1v) is 14.6. The predicted octanol–water partition coefficient (Wildman–Crippen LogP) is 6.46. The average Bonchev–Trinajstić information content (AvgIpc) is 2.92. The van der Waals surface area contributed by atoms with Gasteiger partial charge in [0.2, 0.25) is 5.91 Å². The summed E-state index contributed by atoms with van der Waals surface area (Å²) in [6.45, 7) is 14.7. The molecule has 236 valence electrons. The molecule has 44 heavy (non-hydrogen) atoms. The van der Waals surface area contributed by atoms with E-state index in [1.807, 2.05) is 52.8 Å². The maximum atomic E-state index is 14.7.